The van der Waals surface area contributed by atoms with Crippen molar-refractivity contribution in [3.63, 3.8) is 0 Å². The fourth-order valence-electron chi connectivity index (χ4n) is 3.61. The maximum absolute atomic E-state index is 13.4. The van der Waals surface area contributed by atoms with Gasteiger partial charge < -0.3 is 0 Å². The first-order valence-corrected chi connectivity index (χ1v) is 12.6. The van der Waals surface area contributed by atoms with Crippen molar-refractivity contribution in [3.05, 3.63) is 43.8 Å². The van der Waals surface area contributed by atoms with Crippen LogP contribution in [0.4, 0.5) is 11.5 Å². The van der Waals surface area contributed by atoms with Gasteiger partial charge >= 0.3 is 169 Å². The van der Waals surface area contributed by atoms with Gasteiger partial charge in [-0.3, -0.25) is 0 Å². The van der Waals surface area contributed by atoms with Crippen molar-refractivity contribution in [2.45, 2.75) is 12.5 Å². The second-order valence-corrected chi connectivity index (χ2v) is 12.2. The summed E-state index contributed by atoms with van der Waals surface area (Å²) in [7, 11) is 0. The van der Waals surface area contributed by atoms with Gasteiger partial charge in [0.05, 0.1) is 0 Å². The molecule has 1 unspecified atom stereocenters. The van der Waals surface area contributed by atoms with Crippen LogP contribution in [0.2, 0.25) is 10.3 Å². The molecule has 0 spiro atoms. The predicted octanol–water partition coefficient (Wildman–Crippen LogP) is 3.18. The van der Waals surface area contributed by atoms with E-state index < -0.39 is 20.1 Å². The van der Waals surface area contributed by atoms with Crippen molar-refractivity contribution in [2.75, 3.05) is 32.2 Å². The molecule has 3 aliphatic heterocycles. The van der Waals surface area contributed by atoms with E-state index in [1.165, 1.54) is 9.13 Å². The van der Waals surface area contributed by atoms with Crippen molar-refractivity contribution in [3.8, 4) is 0 Å². The Morgan fingerprint density at radius 1 is 1.31 bits per heavy atom. The van der Waals surface area contributed by atoms with Gasteiger partial charge in [0, 0.05) is 0 Å². The van der Waals surface area contributed by atoms with Gasteiger partial charge in [0.25, 0.3) is 0 Å². The SMILES string of the molecule is O=C1C2COCCN2c2nc(Cl)ncc2N1I1CCc2ccc(Cl)cc21. The van der Waals surface area contributed by atoms with Crippen molar-refractivity contribution >= 4 is 60.7 Å². The van der Waals surface area contributed by atoms with Crippen molar-refractivity contribution in [2.24, 2.45) is 0 Å². The summed E-state index contributed by atoms with van der Waals surface area (Å²) in [5.74, 6) is 0.826. The van der Waals surface area contributed by atoms with Crippen LogP contribution in [0.15, 0.2) is 24.4 Å². The number of carbonyl (C=O) groups is 1. The van der Waals surface area contributed by atoms with E-state index in [4.69, 9.17) is 27.9 Å². The summed E-state index contributed by atoms with van der Waals surface area (Å²) in [4.78, 5) is 24.0. The molecule has 136 valence electrons. The summed E-state index contributed by atoms with van der Waals surface area (Å²) in [6.07, 6.45) is 2.67. The molecule has 1 aromatic carbocycles. The number of anilines is 2. The normalized spacial score (nSPS) is 22.9. The van der Waals surface area contributed by atoms with E-state index in [-0.39, 0.29) is 17.2 Å². The number of amides is 1. The average molecular weight is 505 g/mol. The first-order chi connectivity index (χ1) is 12.6. The van der Waals surface area contributed by atoms with Crippen LogP contribution in [-0.4, -0.2) is 46.1 Å². The summed E-state index contributed by atoms with van der Waals surface area (Å²) in [5.41, 5.74) is 2.07. The van der Waals surface area contributed by atoms with Crippen LogP contribution in [0, 0.1) is 3.57 Å². The van der Waals surface area contributed by atoms with Crippen LogP contribution in [0.1, 0.15) is 5.56 Å². The van der Waals surface area contributed by atoms with E-state index >= 15 is 0 Å². The Morgan fingerprint density at radius 3 is 3.08 bits per heavy atom. The van der Waals surface area contributed by atoms with Crippen LogP contribution in [0.3, 0.4) is 0 Å². The molecule has 26 heavy (non-hydrogen) atoms. The Bertz CT molecular complexity index is 912. The third-order valence-corrected chi connectivity index (χ3v) is 11.3. The van der Waals surface area contributed by atoms with Gasteiger partial charge in [-0.2, -0.15) is 0 Å². The maximum atomic E-state index is 13.4. The zero-order valence-electron chi connectivity index (χ0n) is 13.7. The molecule has 0 saturated carbocycles. The Kier molecular flexibility index (Phi) is 4.22. The van der Waals surface area contributed by atoms with Gasteiger partial charge in [-0.15, -0.1) is 0 Å². The van der Waals surface area contributed by atoms with E-state index in [2.05, 4.69) is 16.0 Å². The number of carbonyl (C=O) groups excluding carboxylic acids is 1. The quantitative estimate of drug-likeness (QED) is 0.258. The standard InChI is InChI=1S/C17H15Cl2IN4O2/c18-11-2-1-10-3-4-20(12(10)7-11)24-13-8-21-17(19)22-15(13)23-5-6-26-9-14(23)16(24)25/h1-2,7-8,14H,3-6,9H2. The molecule has 3 aliphatic rings. The fourth-order valence-corrected chi connectivity index (χ4v) is 10.6. The van der Waals surface area contributed by atoms with Gasteiger partial charge in [-0.1, -0.05) is 0 Å². The second kappa shape index (κ2) is 6.47. The number of hydrogen-bond donors (Lipinski definition) is 0. The first-order valence-electron chi connectivity index (χ1n) is 8.29. The molecular formula is C17H15Cl2IN4O2. The van der Waals surface area contributed by atoms with Gasteiger partial charge in [0.2, 0.25) is 0 Å². The molecule has 1 atom stereocenters. The molecule has 4 heterocycles. The van der Waals surface area contributed by atoms with Crippen LogP contribution in [-0.2, 0) is 16.0 Å². The van der Waals surface area contributed by atoms with E-state index in [0.717, 1.165) is 22.4 Å². The van der Waals surface area contributed by atoms with Crippen LogP contribution in [0.25, 0.3) is 0 Å². The van der Waals surface area contributed by atoms with Gasteiger partial charge in [-0.25, -0.2) is 0 Å². The molecular weight excluding hydrogens is 490 g/mol. The van der Waals surface area contributed by atoms with Crippen LogP contribution >= 0.6 is 43.3 Å². The Labute approximate surface area is 168 Å². The molecule has 0 aliphatic carbocycles. The fraction of sp³-hybridized carbons (Fsp3) is 0.353. The third-order valence-electron chi connectivity index (χ3n) is 4.81. The summed E-state index contributed by atoms with van der Waals surface area (Å²) in [6, 6.07) is 5.69. The second-order valence-electron chi connectivity index (χ2n) is 6.26. The summed E-state index contributed by atoms with van der Waals surface area (Å²) >= 11 is 10.3. The van der Waals surface area contributed by atoms with Crippen LogP contribution in [0.5, 0.6) is 0 Å². The van der Waals surface area contributed by atoms with Crippen molar-refractivity contribution in [1.29, 1.82) is 0 Å². The van der Waals surface area contributed by atoms with E-state index in [1.807, 2.05) is 20.1 Å². The van der Waals surface area contributed by atoms with E-state index in [0.29, 0.717) is 24.8 Å². The Balaban J connectivity index is 1.65. The predicted molar refractivity (Wildman–Crippen MR) is 109 cm³/mol. The number of aromatic nitrogens is 2. The molecule has 1 aromatic heterocycles. The summed E-state index contributed by atoms with van der Waals surface area (Å²) in [6.45, 7) is 1.58. The third kappa shape index (κ3) is 2.59. The van der Waals surface area contributed by atoms with Gasteiger partial charge in [-0.05, 0) is 0 Å². The zero-order chi connectivity index (χ0) is 17.8. The van der Waals surface area contributed by atoms with Crippen molar-refractivity contribution < 1.29 is 9.53 Å². The average Bonchev–Trinajstić information content (AvgIpc) is 3.05. The number of ether oxygens (including phenoxy) is 1. The molecule has 1 fully saturated rings. The molecule has 2 aromatic rings. The molecule has 9 heteroatoms. The van der Waals surface area contributed by atoms with Gasteiger partial charge in [0.15, 0.2) is 0 Å². The number of nitrogens with zero attached hydrogens (tertiary/aromatic N) is 4. The number of aryl methyl sites for hydroxylation is 1. The number of morpholine rings is 1. The molecule has 1 amide bonds. The minimum atomic E-state index is -1.99. The number of alkyl halides is 1. The number of halogens is 3. The number of benzene rings is 1. The zero-order valence-corrected chi connectivity index (χ0v) is 17.3. The van der Waals surface area contributed by atoms with E-state index in [9.17, 15) is 4.79 Å². The summed E-state index contributed by atoms with van der Waals surface area (Å²) in [5, 5.41) is 0.912. The summed E-state index contributed by atoms with van der Waals surface area (Å²) < 4.78 is 9.82. The Morgan fingerprint density at radius 2 is 2.19 bits per heavy atom. The van der Waals surface area contributed by atoms with E-state index in [1.54, 1.807) is 6.20 Å². The molecule has 6 nitrogen and oxygen atoms in total. The number of fused-ring (bicyclic) bond motifs is 4. The molecule has 1 saturated heterocycles. The monoisotopic (exact) mass is 504 g/mol. The minimum absolute atomic E-state index is 0.0844. The number of rotatable bonds is 1. The first kappa shape index (κ1) is 17.0. The Hall–Kier alpha value is -1.16. The molecule has 0 radical (unpaired) electrons. The van der Waals surface area contributed by atoms with Gasteiger partial charge in [0.1, 0.15) is 0 Å². The topological polar surface area (TPSA) is 58.6 Å². The molecule has 0 N–H and O–H groups in total. The van der Waals surface area contributed by atoms with Crippen LogP contribution < -0.4 is 8.01 Å². The molecule has 0 bridgehead atoms. The van der Waals surface area contributed by atoms with Crippen molar-refractivity contribution in [1.82, 2.24) is 9.97 Å². The molecule has 5 rings (SSSR count). The number of hydrogen-bond acceptors (Lipinski definition) is 5.